The molecule has 1 unspecified atom stereocenters. The minimum atomic E-state index is -0.269. The van der Waals surface area contributed by atoms with Crippen molar-refractivity contribution >= 4 is 17.4 Å². The molecule has 4 heteroatoms. The smallest absolute Gasteiger partial charge is 0.338 e. The molecule has 0 saturated heterocycles. The maximum absolute atomic E-state index is 11.9. The normalized spacial score (nSPS) is 15.3. The molecule has 1 aliphatic rings. The number of benzene rings is 2. The molecule has 1 N–H and O–H groups in total. The van der Waals surface area contributed by atoms with E-state index >= 15 is 0 Å². The maximum atomic E-state index is 11.9. The Morgan fingerprint density at radius 2 is 1.96 bits per heavy atom. The summed E-state index contributed by atoms with van der Waals surface area (Å²) >= 11 is 0. The molecular weight excluding hydrogens is 314 g/mol. The van der Waals surface area contributed by atoms with Gasteiger partial charge in [0.1, 0.15) is 5.78 Å². The van der Waals surface area contributed by atoms with Crippen LogP contribution < -0.4 is 5.32 Å². The quantitative estimate of drug-likeness (QED) is 0.614. The molecular formula is C21H23NO3. The van der Waals surface area contributed by atoms with Gasteiger partial charge in [0.15, 0.2) is 0 Å². The first-order valence-electron chi connectivity index (χ1n) is 8.72. The Morgan fingerprint density at radius 3 is 2.72 bits per heavy atom. The molecule has 0 radical (unpaired) electrons. The van der Waals surface area contributed by atoms with Gasteiger partial charge in [-0.25, -0.2) is 4.79 Å². The number of ketones is 1. The Kier molecular flexibility index (Phi) is 5.49. The third-order valence-electron chi connectivity index (χ3n) is 4.49. The number of anilines is 1. The Hall–Kier alpha value is -2.62. The first kappa shape index (κ1) is 17.2. The molecule has 2 aromatic carbocycles. The van der Waals surface area contributed by atoms with E-state index in [1.165, 1.54) is 5.56 Å². The van der Waals surface area contributed by atoms with Gasteiger partial charge in [0.05, 0.1) is 12.2 Å². The molecule has 0 spiro atoms. The number of esters is 1. The molecule has 4 nitrogen and oxygen atoms in total. The minimum Gasteiger partial charge on any atom is -0.462 e. The van der Waals surface area contributed by atoms with Gasteiger partial charge >= 0.3 is 5.97 Å². The third kappa shape index (κ3) is 4.47. The van der Waals surface area contributed by atoms with Crippen LogP contribution in [0.4, 0.5) is 5.69 Å². The first-order chi connectivity index (χ1) is 12.1. The summed E-state index contributed by atoms with van der Waals surface area (Å²) in [5.74, 6) is 0.307. The molecule has 2 aromatic rings. The fourth-order valence-electron chi connectivity index (χ4n) is 3.26. The number of hydrogen-bond donors (Lipinski definition) is 1. The first-order valence-corrected chi connectivity index (χ1v) is 8.72. The number of rotatable bonds is 7. The number of Topliss-reactive ketones (excluding diaryl/α,β-unsaturated/α-hetero) is 1. The number of ether oxygens (including phenoxy) is 1. The SMILES string of the molecule is CC(=O)Cc1ccc2c(c1)C(CCCOC(=O)c1ccccc1)CN2. The number of carbonyl (C=O) groups is 2. The van der Waals surface area contributed by atoms with Gasteiger partial charge < -0.3 is 10.1 Å². The lowest BCUT2D eigenvalue weighted by atomic mass is 9.94. The molecule has 0 amide bonds. The maximum Gasteiger partial charge on any atom is 0.338 e. The van der Waals surface area contributed by atoms with Crippen LogP contribution in [0.1, 0.15) is 47.2 Å². The number of nitrogens with one attached hydrogen (secondary N) is 1. The van der Waals surface area contributed by atoms with Crippen molar-refractivity contribution < 1.29 is 14.3 Å². The molecule has 0 fully saturated rings. The van der Waals surface area contributed by atoms with Crippen LogP contribution in [0.5, 0.6) is 0 Å². The Morgan fingerprint density at radius 1 is 1.16 bits per heavy atom. The molecule has 0 aromatic heterocycles. The van der Waals surface area contributed by atoms with E-state index in [1.54, 1.807) is 19.1 Å². The summed E-state index contributed by atoms with van der Waals surface area (Å²) in [5, 5.41) is 3.41. The molecule has 130 valence electrons. The summed E-state index contributed by atoms with van der Waals surface area (Å²) in [6.45, 7) is 2.93. The second-order valence-corrected chi connectivity index (χ2v) is 6.52. The van der Waals surface area contributed by atoms with Gasteiger partial charge in [-0.1, -0.05) is 30.3 Å². The van der Waals surface area contributed by atoms with E-state index in [-0.39, 0.29) is 11.8 Å². The summed E-state index contributed by atoms with van der Waals surface area (Å²) in [6.07, 6.45) is 2.25. The van der Waals surface area contributed by atoms with Crippen molar-refractivity contribution in [2.45, 2.75) is 32.1 Å². The molecule has 25 heavy (non-hydrogen) atoms. The van der Waals surface area contributed by atoms with Gasteiger partial charge in [-0.2, -0.15) is 0 Å². The summed E-state index contributed by atoms with van der Waals surface area (Å²) in [5.41, 5.74) is 4.08. The van der Waals surface area contributed by atoms with E-state index in [2.05, 4.69) is 17.4 Å². The van der Waals surface area contributed by atoms with Crippen LogP contribution >= 0.6 is 0 Å². The zero-order valence-electron chi connectivity index (χ0n) is 14.5. The van der Waals surface area contributed by atoms with Crippen molar-refractivity contribution in [1.82, 2.24) is 0 Å². The lowest BCUT2D eigenvalue weighted by molar-refractivity contribution is -0.116. The summed E-state index contributed by atoms with van der Waals surface area (Å²) in [6, 6.07) is 15.3. The average molecular weight is 337 g/mol. The summed E-state index contributed by atoms with van der Waals surface area (Å²) in [4.78, 5) is 23.2. The molecule has 1 heterocycles. The van der Waals surface area contributed by atoms with E-state index in [1.807, 2.05) is 24.3 Å². The van der Waals surface area contributed by atoms with Gasteiger partial charge in [-0.3, -0.25) is 4.79 Å². The van der Waals surface area contributed by atoms with Crippen LogP contribution in [0.15, 0.2) is 48.5 Å². The fourth-order valence-corrected chi connectivity index (χ4v) is 3.26. The number of fused-ring (bicyclic) bond motifs is 1. The average Bonchev–Trinajstić information content (AvgIpc) is 3.01. The van der Waals surface area contributed by atoms with Gasteiger partial charge in [0.2, 0.25) is 0 Å². The van der Waals surface area contributed by atoms with Crippen LogP contribution in [0.3, 0.4) is 0 Å². The van der Waals surface area contributed by atoms with Gasteiger partial charge in [0.25, 0.3) is 0 Å². The molecule has 0 aliphatic carbocycles. The third-order valence-corrected chi connectivity index (χ3v) is 4.49. The zero-order chi connectivity index (χ0) is 17.6. The number of carbonyl (C=O) groups excluding carboxylic acids is 2. The van der Waals surface area contributed by atoms with Crippen LogP contribution in [0, 0.1) is 0 Å². The lowest BCUT2D eigenvalue weighted by Crippen LogP contribution is -2.08. The number of hydrogen-bond acceptors (Lipinski definition) is 4. The highest BCUT2D eigenvalue weighted by Crippen LogP contribution is 2.35. The van der Waals surface area contributed by atoms with E-state index in [0.717, 1.165) is 30.6 Å². The topological polar surface area (TPSA) is 55.4 Å². The van der Waals surface area contributed by atoms with E-state index in [0.29, 0.717) is 24.5 Å². The van der Waals surface area contributed by atoms with Crippen molar-refractivity contribution in [2.75, 3.05) is 18.5 Å². The Bertz CT molecular complexity index is 755. The summed E-state index contributed by atoms with van der Waals surface area (Å²) in [7, 11) is 0. The van der Waals surface area contributed by atoms with Crippen molar-refractivity contribution in [3.8, 4) is 0 Å². The van der Waals surface area contributed by atoms with Crippen molar-refractivity contribution in [1.29, 1.82) is 0 Å². The highest BCUT2D eigenvalue weighted by Gasteiger charge is 2.22. The van der Waals surface area contributed by atoms with Crippen LogP contribution in [-0.2, 0) is 16.0 Å². The van der Waals surface area contributed by atoms with E-state index in [4.69, 9.17) is 4.74 Å². The molecule has 1 aliphatic heterocycles. The highest BCUT2D eigenvalue weighted by atomic mass is 16.5. The van der Waals surface area contributed by atoms with E-state index in [9.17, 15) is 9.59 Å². The standard InChI is InChI=1S/C21H23NO3/c1-15(23)12-16-9-10-20-19(13-16)18(14-22-20)8-5-11-25-21(24)17-6-3-2-4-7-17/h2-4,6-7,9-10,13,18,22H,5,8,11-12,14H2,1H3. The highest BCUT2D eigenvalue weighted by molar-refractivity contribution is 5.89. The van der Waals surface area contributed by atoms with Gasteiger partial charge in [0, 0.05) is 24.6 Å². The van der Waals surface area contributed by atoms with Crippen LogP contribution in [0.25, 0.3) is 0 Å². The monoisotopic (exact) mass is 337 g/mol. The fraction of sp³-hybridized carbons (Fsp3) is 0.333. The van der Waals surface area contributed by atoms with Crippen molar-refractivity contribution in [3.63, 3.8) is 0 Å². The van der Waals surface area contributed by atoms with Crippen LogP contribution in [0.2, 0.25) is 0 Å². The molecule has 3 rings (SSSR count). The lowest BCUT2D eigenvalue weighted by Gasteiger charge is -2.11. The van der Waals surface area contributed by atoms with Gasteiger partial charge in [-0.15, -0.1) is 0 Å². The minimum absolute atomic E-state index is 0.176. The Balaban J connectivity index is 1.50. The summed E-state index contributed by atoms with van der Waals surface area (Å²) < 4.78 is 5.35. The van der Waals surface area contributed by atoms with Crippen molar-refractivity contribution in [3.05, 3.63) is 65.2 Å². The second-order valence-electron chi connectivity index (χ2n) is 6.52. The van der Waals surface area contributed by atoms with Crippen LogP contribution in [-0.4, -0.2) is 24.9 Å². The van der Waals surface area contributed by atoms with E-state index < -0.39 is 0 Å². The molecule has 1 atom stereocenters. The predicted molar refractivity (Wildman–Crippen MR) is 98.0 cm³/mol. The molecule has 0 bridgehead atoms. The zero-order valence-corrected chi connectivity index (χ0v) is 14.5. The Labute approximate surface area is 148 Å². The van der Waals surface area contributed by atoms with Gasteiger partial charge in [-0.05, 0) is 49.1 Å². The largest absolute Gasteiger partial charge is 0.462 e. The predicted octanol–water partition coefficient (Wildman–Crippen LogP) is 3.96. The second kappa shape index (κ2) is 7.97. The van der Waals surface area contributed by atoms with Crippen molar-refractivity contribution in [2.24, 2.45) is 0 Å². The molecule has 0 saturated carbocycles.